The summed E-state index contributed by atoms with van der Waals surface area (Å²) in [5.41, 5.74) is 13.7. The van der Waals surface area contributed by atoms with Crippen molar-refractivity contribution < 1.29 is 0 Å². The van der Waals surface area contributed by atoms with Crippen LogP contribution >= 0.6 is 0 Å². The lowest BCUT2D eigenvalue weighted by Gasteiger charge is -2.18. The van der Waals surface area contributed by atoms with Gasteiger partial charge in [0, 0.05) is 22.9 Å². The molecule has 1 aliphatic carbocycles. The minimum atomic E-state index is 0.480. The molecule has 0 aliphatic heterocycles. The molecule has 1 unspecified atom stereocenters. The van der Waals surface area contributed by atoms with Gasteiger partial charge in [-0.2, -0.15) is 0 Å². The van der Waals surface area contributed by atoms with Crippen LogP contribution in [0.2, 0.25) is 0 Å². The fourth-order valence-electron chi connectivity index (χ4n) is 4.99. The first-order valence-corrected chi connectivity index (χ1v) is 12.7. The van der Waals surface area contributed by atoms with Gasteiger partial charge in [-0.25, -0.2) is 0 Å². The minimum Gasteiger partial charge on any atom is -0.258 e. The standard InChI is InChI=1S/C32H43N/c1-19(2)26-15-14-22(7)30(16-26)31-18-27(31)17-29(21(5)6)24(9)33-25(10)32-23(8)12-11-13-28(32)20(3)4/h11-16,18-21,31H,17H2,1-10H3/b29-24-,33-25?. The van der Waals surface area contributed by atoms with Gasteiger partial charge < -0.3 is 0 Å². The summed E-state index contributed by atoms with van der Waals surface area (Å²) in [6.45, 7) is 22.5. The molecular weight excluding hydrogens is 398 g/mol. The molecule has 1 nitrogen and oxygen atoms in total. The first-order valence-electron chi connectivity index (χ1n) is 12.7. The maximum absolute atomic E-state index is 5.18. The van der Waals surface area contributed by atoms with E-state index in [4.69, 9.17) is 4.99 Å². The van der Waals surface area contributed by atoms with E-state index in [2.05, 4.69) is 112 Å². The summed E-state index contributed by atoms with van der Waals surface area (Å²) in [7, 11) is 0. The molecule has 0 aromatic heterocycles. The van der Waals surface area contributed by atoms with E-state index in [1.54, 1.807) is 5.57 Å². The summed E-state index contributed by atoms with van der Waals surface area (Å²) in [4.78, 5) is 5.18. The summed E-state index contributed by atoms with van der Waals surface area (Å²) >= 11 is 0. The van der Waals surface area contributed by atoms with Crippen molar-refractivity contribution >= 4 is 5.71 Å². The van der Waals surface area contributed by atoms with Crippen LogP contribution < -0.4 is 0 Å². The molecule has 0 spiro atoms. The van der Waals surface area contributed by atoms with Crippen LogP contribution in [-0.4, -0.2) is 5.71 Å². The van der Waals surface area contributed by atoms with E-state index in [9.17, 15) is 0 Å². The van der Waals surface area contributed by atoms with Gasteiger partial charge in [0.25, 0.3) is 0 Å². The van der Waals surface area contributed by atoms with E-state index in [0.717, 1.165) is 12.1 Å². The zero-order valence-electron chi connectivity index (χ0n) is 22.5. The number of rotatable bonds is 8. The molecule has 0 saturated heterocycles. The lowest BCUT2D eigenvalue weighted by atomic mass is 9.90. The van der Waals surface area contributed by atoms with Crippen LogP contribution in [0, 0.1) is 19.8 Å². The quantitative estimate of drug-likeness (QED) is 0.286. The molecule has 2 aromatic rings. The fraction of sp³-hybridized carbons (Fsp3) is 0.469. The minimum absolute atomic E-state index is 0.480. The maximum Gasteiger partial charge on any atom is 0.0453 e. The van der Waals surface area contributed by atoms with E-state index in [1.165, 1.54) is 44.7 Å². The molecule has 1 atom stereocenters. The second-order valence-electron chi connectivity index (χ2n) is 10.8. The van der Waals surface area contributed by atoms with Crippen molar-refractivity contribution in [2.75, 3.05) is 0 Å². The molecule has 0 radical (unpaired) electrons. The molecule has 0 saturated carbocycles. The first-order chi connectivity index (χ1) is 15.5. The fourth-order valence-corrected chi connectivity index (χ4v) is 4.99. The molecule has 1 heteroatoms. The predicted octanol–water partition coefficient (Wildman–Crippen LogP) is 9.40. The highest BCUT2D eigenvalue weighted by Crippen LogP contribution is 2.46. The van der Waals surface area contributed by atoms with Crippen LogP contribution in [0.4, 0.5) is 0 Å². The summed E-state index contributed by atoms with van der Waals surface area (Å²) in [5, 5.41) is 0. The van der Waals surface area contributed by atoms with Crippen LogP contribution in [0.1, 0.15) is 113 Å². The Kier molecular flexibility index (Phi) is 7.83. The topological polar surface area (TPSA) is 12.4 Å². The van der Waals surface area contributed by atoms with E-state index in [-0.39, 0.29) is 0 Å². The van der Waals surface area contributed by atoms with Crippen molar-refractivity contribution in [3.05, 3.63) is 92.7 Å². The average Bonchev–Trinajstić information content (AvgIpc) is 3.50. The van der Waals surface area contributed by atoms with Crippen LogP contribution in [0.15, 0.2) is 64.3 Å². The summed E-state index contributed by atoms with van der Waals surface area (Å²) < 4.78 is 0. The molecule has 2 aromatic carbocycles. The van der Waals surface area contributed by atoms with Crippen molar-refractivity contribution in [1.29, 1.82) is 0 Å². The number of benzene rings is 2. The molecule has 1 aliphatic rings. The van der Waals surface area contributed by atoms with Gasteiger partial charge >= 0.3 is 0 Å². The van der Waals surface area contributed by atoms with Crippen LogP contribution in [0.5, 0.6) is 0 Å². The third-order valence-electron chi connectivity index (χ3n) is 7.16. The molecule has 3 rings (SSSR count). The third-order valence-corrected chi connectivity index (χ3v) is 7.16. The highest BCUT2D eigenvalue weighted by atomic mass is 14.8. The second-order valence-corrected chi connectivity index (χ2v) is 10.8. The molecule has 0 fully saturated rings. The van der Waals surface area contributed by atoms with Crippen molar-refractivity contribution in [3.63, 3.8) is 0 Å². The monoisotopic (exact) mass is 441 g/mol. The molecular formula is C32H43N. The Balaban J connectivity index is 1.88. The largest absolute Gasteiger partial charge is 0.258 e. The van der Waals surface area contributed by atoms with Crippen molar-refractivity contribution in [2.45, 2.75) is 93.4 Å². The number of aliphatic imine (C=N–C) groups is 1. The Morgan fingerprint density at radius 2 is 1.58 bits per heavy atom. The third kappa shape index (κ3) is 5.75. The second kappa shape index (κ2) is 10.2. The highest BCUT2D eigenvalue weighted by molar-refractivity contribution is 6.02. The Morgan fingerprint density at radius 3 is 2.18 bits per heavy atom. The van der Waals surface area contributed by atoms with Gasteiger partial charge in [0.05, 0.1) is 0 Å². The zero-order valence-corrected chi connectivity index (χ0v) is 22.5. The first kappa shape index (κ1) is 25.2. The summed E-state index contributed by atoms with van der Waals surface area (Å²) in [6.07, 6.45) is 3.48. The number of hydrogen-bond donors (Lipinski definition) is 0. The molecule has 0 bridgehead atoms. The van der Waals surface area contributed by atoms with E-state index in [1.807, 2.05) is 0 Å². The average molecular weight is 442 g/mol. The Bertz CT molecular complexity index is 1110. The van der Waals surface area contributed by atoms with E-state index >= 15 is 0 Å². The number of allylic oxidation sites excluding steroid dienone is 4. The summed E-state index contributed by atoms with van der Waals surface area (Å²) in [5.74, 6) is 2.03. The number of nitrogens with zero attached hydrogens (tertiary/aromatic N) is 1. The SMILES string of the molecule is CC(=N/C(C)=C(/CC1=CC1c1cc(C(C)C)ccc1C)C(C)C)c1c(C)cccc1C(C)C. The normalized spacial score (nSPS) is 17.1. The molecule has 0 heterocycles. The van der Waals surface area contributed by atoms with Crippen LogP contribution in [-0.2, 0) is 0 Å². The molecule has 176 valence electrons. The smallest absolute Gasteiger partial charge is 0.0453 e. The van der Waals surface area contributed by atoms with Crippen molar-refractivity contribution in [1.82, 2.24) is 0 Å². The van der Waals surface area contributed by atoms with Crippen molar-refractivity contribution in [3.8, 4) is 0 Å². The maximum atomic E-state index is 5.18. The highest BCUT2D eigenvalue weighted by Gasteiger charge is 2.29. The Labute approximate surface area is 202 Å². The zero-order chi connectivity index (χ0) is 24.4. The van der Waals surface area contributed by atoms with Gasteiger partial charge in [0.15, 0.2) is 0 Å². The van der Waals surface area contributed by atoms with Gasteiger partial charge in [0.1, 0.15) is 0 Å². The van der Waals surface area contributed by atoms with Crippen LogP contribution in [0.3, 0.4) is 0 Å². The lowest BCUT2D eigenvalue weighted by molar-refractivity contribution is 0.724. The van der Waals surface area contributed by atoms with Gasteiger partial charge in [0.2, 0.25) is 0 Å². The number of aryl methyl sites for hydroxylation is 2. The molecule has 0 N–H and O–H groups in total. The summed E-state index contributed by atoms with van der Waals surface area (Å²) in [6, 6.07) is 13.6. The molecule has 0 amide bonds. The van der Waals surface area contributed by atoms with Gasteiger partial charge in [-0.05, 0) is 85.3 Å². The van der Waals surface area contributed by atoms with Gasteiger partial charge in [-0.15, -0.1) is 0 Å². The van der Waals surface area contributed by atoms with Crippen LogP contribution in [0.25, 0.3) is 0 Å². The van der Waals surface area contributed by atoms with E-state index < -0.39 is 0 Å². The molecule has 33 heavy (non-hydrogen) atoms. The van der Waals surface area contributed by atoms with E-state index in [0.29, 0.717) is 23.7 Å². The van der Waals surface area contributed by atoms with Gasteiger partial charge in [-0.3, -0.25) is 4.99 Å². The predicted molar refractivity (Wildman–Crippen MR) is 146 cm³/mol. The lowest BCUT2D eigenvalue weighted by Crippen LogP contribution is -2.07. The Hall–Kier alpha value is -2.41. The van der Waals surface area contributed by atoms with Crippen molar-refractivity contribution in [2.24, 2.45) is 10.9 Å². The Morgan fingerprint density at radius 1 is 0.879 bits per heavy atom. The van der Waals surface area contributed by atoms with Gasteiger partial charge in [-0.1, -0.05) is 89.6 Å². The number of hydrogen-bond acceptors (Lipinski definition) is 1.